The van der Waals surface area contributed by atoms with E-state index < -0.39 is 0 Å². The number of aromatic nitrogens is 2. The van der Waals surface area contributed by atoms with Crippen molar-refractivity contribution in [2.45, 2.75) is 0 Å². The van der Waals surface area contributed by atoms with Gasteiger partial charge in [-0.3, -0.25) is 0 Å². The van der Waals surface area contributed by atoms with Crippen molar-refractivity contribution in [3.63, 3.8) is 0 Å². The van der Waals surface area contributed by atoms with Crippen LogP contribution in [0.25, 0.3) is 22.5 Å². The van der Waals surface area contributed by atoms with Crippen LogP contribution < -0.4 is 10.6 Å². The van der Waals surface area contributed by atoms with Crippen molar-refractivity contribution in [3.05, 3.63) is 60.4 Å². The van der Waals surface area contributed by atoms with E-state index in [-0.39, 0.29) is 11.8 Å². The van der Waals surface area contributed by atoms with E-state index in [1.54, 1.807) is 12.1 Å². The monoisotopic (exact) mass is 350 g/mol. The van der Waals surface area contributed by atoms with Gasteiger partial charge < -0.3 is 15.4 Å². The maximum atomic E-state index is 13.1. The third-order valence-electron chi connectivity index (χ3n) is 4.42. The first-order valence-corrected chi connectivity index (χ1v) is 8.53. The lowest BCUT2D eigenvalue weighted by molar-refractivity contribution is 0.122. The summed E-state index contributed by atoms with van der Waals surface area (Å²) >= 11 is 0. The van der Waals surface area contributed by atoms with Gasteiger partial charge >= 0.3 is 0 Å². The molecular weight excluding hydrogens is 331 g/mol. The fourth-order valence-electron chi connectivity index (χ4n) is 3.05. The number of hydrogen-bond acceptors (Lipinski definition) is 5. The summed E-state index contributed by atoms with van der Waals surface area (Å²) in [6.07, 6.45) is 0. The minimum atomic E-state index is -0.283. The summed E-state index contributed by atoms with van der Waals surface area (Å²) in [7, 11) is 0. The van der Waals surface area contributed by atoms with Gasteiger partial charge in [-0.2, -0.15) is 0 Å². The molecule has 0 radical (unpaired) electrons. The zero-order valence-electron chi connectivity index (χ0n) is 14.2. The number of rotatable bonds is 3. The second kappa shape index (κ2) is 7.09. The van der Waals surface area contributed by atoms with Crippen molar-refractivity contribution in [1.29, 1.82) is 0 Å². The van der Waals surface area contributed by atoms with Crippen LogP contribution in [0.15, 0.2) is 54.6 Å². The van der Waals surface area contributed by atoms with E-state index in [2.05, 4.69) is 27.0 Å². The summed E-state index contributed by atoms with van der Waals surface area (Å²) in [5.41, 5.74) is 10.2. The number of hydrogen-bond donors (Lipinski definition) is 1. The molecule has 1 aliphatic heterocycles. The highest BCUT2D eigenvalue weighted by atomic mass is 19.1. The SMILES string of the molecule is Nc1nc(-c2ccc(F)cc2)cc(-c2ccc(N3CCOCC3)cc2)n1. The lowest BCUT2D eigenvalue weighted by Crippen LogP contribution is -2.36. The van der Waals surface area contributed by atoms with E-state index in [0.29, 0.717) is 5.69 Å². The van der Waals surface area contributed by atoms with Crippen LogP contribution >= 0.6 is 0 Å². The molecule has 0 unspecified atom stereocenters. The molecule has 4 rings (SSSR count). The van der Waals surface area contributed by atoms with E-state index in [4.69, 9.17) is 10.5 Å². The summed E-state index contributed by atoms with van der Waals surface area (Å²) in [6.45, 7) is 3.31. The number of nitrogen functional groups attached to an aromatic ring is 1. The highest BCUT2D eigenvalue weighted by Crippen LogP contribution is 2.26. The molecule has 0 amide bonds. The van der Waals surface area contributed by atoms with Gasteiger partial charge in [-0.05, 0) is 42.5 Å². The molecule has 5 nitrogen and oxygen atoms in total. The van der Waals surface area contributed by atoms with Gasteiger partial charge in [-0.1, -0.05) is 12.1 Å². The minimum absolute atomic E-state index is 0.194. The number of nitrogens with two attached hydrogens (primary N) is 1. The van der Waals surface area contributed by atoms with Gasteiger partial charge in [-0.15, -0.1) is 0 Å². The first kappa shape index (κ1) is 16.5. The van der Waals surface area contributed by atoms with Crippen molar-refractivity contribution in [2.24, 2.45) is 0 Å². The maximum Gasteiger partial charge on any atom is 0.221 e. The molecule has 0 aliphatic carbocycles. The van der Waals surface area contributed by atoms with Gasteiger partial charge in [0.15, 0.2) is 0 Å². The normalized spacial score (nSPS) is 14.4. The van der Waals surface area contributed by atoms with Gasteiger partial charge in [-0.25, -0.2) is 14.4 Å². The van der Waals surface area contributed by atoms with E-state index in [1.807, 2.05) is 18.2 Å². The van der Waals surface area contributed by atoms with Gasteiger partial charge in [0, 0.05) is 29.9 Å². The fraction of sp³-hybridized carbons (Fsp3) is 0.200. The van der Waals surface area contributed by atoms with Crippen LogP contribution in [-0.4, -0.2) is 36.3 Å². The van der Waals surface area contributed by atoms with Crippen LogP contribution in [0.1, 0.15) is 0 Å². The van der Waals surface area contributed by atoms with Crippen LogP contribution in [0.4, 0.5) is 16.0 Å². The van der Waals surface area contributed by atoms with Crippen molar-refractivity contribution in [2.75, 3.05) is 36.9 Å². The Bertz CT molecular complexity index is 891. The molecule has 1 aromatic heterocycles. The molecule has 26 heavy (non-hydrogen) atoms. The third kappa shape index (κ3) is 3.50. The molecule has 2 heterocycles. The molecule has 132 valence electrons. The molecule has 6 heteroatoms. The quantitative estimate of drug-likeness (QED) is 0.785. The van der Waals surface area contributed by atoms with E-state index in [1.165, 1.54) is 12.1 Å². The maximum absolute atomic E-state index is 13.1. The molecule has 2 aromatic carbocycles. The number of anilines is 2. The van der Waals surface area contributed by atoms with Crippen LogP contribution in [0.2, 0.25) is 0 Å². The predicted molar refractivity (Wildman–Crippen MR) is 100 cm³/mol. The van der Waals surface area contributed by atoms with Crippen molar-refractivity contribution >= 4 is 11.6 Å². The second-order valence-corrected chi connectivity index (χ2v) is 6.15. The Morgan fingerprint density at radius 2 is 1.38 bits per heavy atom. The first-order chi connectivity index (χ1) is 12.7. The first-order valence-electron chi connectivity index (χ1n) is 8.53. The standard InChI is InChI=1S/C20H19FN4O/c21-16-5-1-14(2-6-16)18-13-19(24-20(22)23-18)15-3-7-17(8-4-15)25-9-11-26-12-10-25/h1-8,13H,9-12H2,(H2,22,23,24). The van der Waals surface area contributed by atoms with Gasteiger partial charge in [0.2, 0.25) is 5.95 Å². The Hall–Kier alpha value is -2.99. The average Bonchev–Trinajstić information content (AvgIpc) is 2.69. The summed E-state index contributed by atoms with van der Waals surface area (Å²) in [5.74, 6) is -0.0891. The lowest BCUT2D eigenvalue weighted by Gasteiger charge is -2.28. The molecule has 0 spiro atoms. The summed E-state index contributed by atoms with van der Waals surface area (Å²) < 4.78 is 18.5. The molecular formula is C20H19FN4O. The minimum Gasteiger partial charge on any atom is -0.378 e. The Morgan fingerprint density at radius 3 is 1.96 bits per heavy atom. The van der Waals surface area contributed by atoms with Crippen LogP contribution in [-0.2, 0) is 4.74 Å². The molecule has 0 atom stereocenters. The summed E-state index contributed by atoms with van der Waals surface area (Å²) in [4.78, 5) is 10.9. The topological polar surface area (TPSA) is 64.3 Å². The molecule has 1 fully saturated rings. The number of benzene rings is 2. The molecule has 2 N–H and O–H groups in total. The van der Waals surface area contributed by atoms with E-state index >= 15 is 0 Å². The Kier molecular flexibility index (Phi) is 4.50. The third-order valence-corrected chi connectivity index (χ3v) is 4.42. The van der Waals surface area contributed by atoms with Gasteiger partial charge in [0.1, 0.15) is 5.82 Å². The van der Waals surface area contributed by atoms with Gasteiger partial charge in [0.25, 0.3) is 0 Å². The second-order valence-electron chi connectivity index (χ2n) is 6.15. The van der Waals surface area contributed by atoms with Crippen LogP contribution in [0, 0.1) is 5.82 Å². The van der Waals surface area contributed by atoms with E-state index in [9.17, 15) is 4.39 Å². The zero-order chi connectivity index (χ0) is 17.9. The zero-order valence-corrected chi connectivity index (χ0v) is 14.2. The highest BCUT2D eigenvalue weighted by molar-refractivity contribution is 5.70. The Morgan fingerprint density at radius 1 is 0.846 bits per heavy atom. The van der Waals surface area contributed by atoms with Crippen LogP contribution in [0.5, 0.6) is 0 Å². The molecule has 1 aliphatic rings. The van der Waals surface area contributed by atoms with E-state index in [0.717, 1.165) is 48.8 Å². The molecule has 1 saturated heterocycles. The molecule has 0 saturated carbocycles. The number of ether oxygens (including phenoxy) is 1. The Balaban J connectivity index is 1.63. The highest BCUT2D eigenvalue weighted by Gasteiger charge is 2.12. The van der Waals surface area contributed by atoms with Gasteiger partial charge in [0.05, 0.1) is 24.6 Å². The smallest absolute Gasteiger partial charge is 0.221 e. The number of nitrogens with zero attached hydrogens (tertiary/aromatic N) is 3. The van der Waals surface area contributed by atoms with Crippen molar-refractivity contribution < 1.29 is 9.13 Å². The van der Waals surface area contributed by atoms with Crippen LogP contribution in [0.3, 0.4) is 0 Å². The average molecular weight is 350 g/mol. The lowest BCUT2D eigenvalue weighted by atomic mass is 10.1. The summed E-state index contributed by atoms with van der Waals surface area (Å²) in [5, 5.41) is 0. The Labute approximate surface area is 151 Å². The largest absolute Gasteiger partial charge is 0.378 e. The summed E-state index contributed by atoms with van der Waals surface area (Å²) in [6, 6.07) is 16.3. The predicted octanol–water partition coefficient (Wildman–Crippen LogP) is 3.37. The number of halogens is 1. The van der Waals surface area contributed by atoms with Crippen molar-refractivity contribution in [1.82, 2.24) is 9.97 Å². The van der Waals surface area contributed by atoms with Crippen molar-refractivity contribution in [3.8, 4) is 22.5 Å². The molecule has 3 aromatic rings. The molecule has 0 bridgehead atoms. The fourth-order valence-corrected chi connectivity index (χ4v) is 3.05. The number of morpholine rings is 1.